The van der Waals surface area contributed by atoms with Crippen LogP contribution < -0.4 is 5.73 Å². The summed E-state index contributed by atoms with van der Waals surface area (Å²) in [6, 6.07) is 4.10. The first kappa shape index (κ1) is 14.4. The number of aromatic nitrogens is 1. The first-order valence-electron chi connectivity index (χ1n) is 5.91. The molecule has 1 aromatic heterocycles. The summed E-state index contributed by atoms with van der Waals surface area (Å²) >= 11 is 0. The molecule has 0 fully saturated rings. The maximum atomic E-state index is 14.2. The van der Waals surface area contributed by atoms with Crippen molar-refractivity contribution >= 4 is 5.69 Å². The lowest BCUT2D eigenvalue weighted by atomic mass is 10.0. The first-order chi connectivity index (χ1) is 9.32. The second-order valence-corrected chi connectivity index (χ2v) is 4.54. The van der Waals surface area contributed by atoms with Crippen molar-refractivity contribution in [2.24, 2.45) is 0 Å². The fourth-order valence-corrected chi connectivity index (χ4v) is 1.87. The standard InChI is InChI=1S/C14H14F2N2O2/c1-6-3-4-8(5-9(6)15)13-10(16)11(17)7(2)12(18-13)14(19)20/h3-5,14,19-20H,1-2H3,(H2,17,18). The quantitative estimate of drug-likeness (QED) is 0.737. The van der Waals surface area contributed by atoms with Crippen LogP contribution in [0.2, 0.25) is 0 Å². The summed E-state index contributed by atoms with van der Waals surface area (Å²) in [6.07, 6.45) is -1.88. The molecule has 20 heavy (non-hydrogen) atoms. The molecule has 0 saturated carbocycles. The number of hydrogen-bond donors (Lipinski definition) is 3. The van der Waals surface area contributed by atoms with Crippen molar-refractivity contribution in [3.8, 4) is 11.3 Å². The van der Waals surface area contributed by atoms with E-state index in [1.165, 1.54) is 19.1 Å². The van der Waals surface area contributed by atoms with E-state index in [1.807, 2.05) is 0 Å². The Morgan fingerprint density at radius 2 is 1.85 bits per heavy atom. The normalized spacial score (nSPS) is 11.2. The molecule has 4 nitrogen and oxygen atoms in total. The highest BCUT2D eigenvalue weighted by Gasteiger charge is 2.20. The number of nitrogens with zero attached hydrogens (tertiary/aromatic N) is 1. The average Bonchev–Trinajstić information content (AvgIpc) is 2.39. The van der Waals surface area contributed by atoms with Crippen LogP contribution in [0.15, 0.2) is 18.2 Å². The van der Waals surface area contributed by atoms with Crippen LogP contribution >= 0.6 is 0 Å². The van der Waals surface area contributed by atoms with Gasteiger partial charge >= 0.3 is 0 Å². The lowest BCUT2D eigenvalue weighted by molar-refractivity contribution is -0.0462. The van der Waals surface area contributed by atoms with Crippen molar-refractivity contribution in [3.05, 3.63) is 46.7 Å². The van der Waals surface area contributed by atoms with Gasteiger partial charge in [-0.2, -0.15) is 0 Å². The number of rotatable bonds is 2. The number of aryl methyl sites for hydroxylation is 1. The van der Waals surface area contributed by atoms with Gasteiger partial charge in [-0.25, -0.2) is 13.8 Å². The van der Waals surface area contributed by atoms with Crippen LogP contribution in [0.4, 0.5) is 14.5 Å². The van der Waals surface area contributed by atoms with Gasteiger partial charge in [-0.3, -0.25) is 0 Å². The number of aliphatic hydroxyl groups is 2. The second kappa shape index (κ2) is 5.15. The fourth-order valence-electron chi connectivity index (χ4n) is 1.87. The summed E-state index contributed by atoms with van der Waals surface area (Å²) in [5.74, 6) is -1.32. The minimum absolute atomic E-state index is 0.147. The maximum Gasteiger partial charge on any atom is 0.196 e. The van der Waals surface area contributed by atoms with Crippen LogP contribution in [0.25, 0.3) is 11.3 Å². The van der Waals surface area contributed by atoms with E-state index >= 15 is 0 Å². The topological polar surface area (TPSA) is 79.4 Å². The molecule has 2 rings (SSSR count). The summed E-state index contributed by atoms with van der Waals surface area (Å²) in [6.45, 7) is 3.01. The van der Waals surface area contributed by atoms with Crippen LogP contribution in [0, 0.1) is 25.5 Å². The van der Waals surface area contributed by atoms with E-state index in [4.69, 9.17) is 5.73 Å². The van der Waals surface area contributed by atoms with Gasteiger partial charge in [0, 0.05) is 11.1 Å². The third-order valence-corrected chi connectivity index (χ3v) is 3.15. The molecule has 0 unspecified atom stereocenters. The maximum absolute atomic E-state index is 14.2. The predicted octanol–water partition coefficient (Wildman–Crippen LogP) is 2.21. The van der Waals surface area contributed by atoms with E-state index in [0.29, 0.717) is 5.56 Å². The van der Waals surface area contributed by atoms with Gasteiger partial charge in [-0.15, -0.1) is 0 Å². The molecule has 1 aromatic carbocycles. The van der Waals surface area contributed by atoms with Crippen LogP contribution in [-0.2, 0) is 0 Å². The zero-order chi connectivity index (χ0) is 15.0. The van der Waals surface area contributed by atoms with Crippen LogP contribution in [0.1, 0.15) is 23.1 Å². The van der Waals surface area contributed by atoms with E-state index < -0.39 is 17.9 Å². The smallest absolute Gasteiger partial charge is 0.196 e. The van der Waals surface area contributed by atoms with Crippen molar-refractivity contribution < 1.29 is 19.0 Å². The minimum Gasteiger partial charge on any atom is -0.396 e. The molecule has 4 N–H and O–H groups in total. The van der Waals surface area contributed by atoms with Gasteiger partial charge in [0.15, 0.2) is 12.1 Å². The Morgan fingerprint density at radius 3 is 2.40 bits per heavy atom. The number of halogens is 2. The van der Waals surface area contributed by atoms with Gasteiger partial charge in [-0.1, -0.05) is 12.1 Å². The van der Waals surface area contributed by atoms with Crippen molar-refractivity contribution in [1.82, 2.24) is 4.98 Å². The molecule has 2 aromatic rings. The Hall–Kier alpha value is -2.05. The molecule has 0 saturated heterocycles. The summed E-state index contributed by atoms with van der Waals surface area (Å²) in [7, 11) is 0. The largest absolute Gasteiger partial charge is 0.396 e. The van der Waals surface area contributed by atoms with Crippen LogP contribution in [-0.4, -0.2) is 15.2 Å². The molecular formula is C14H14F2N2O2. The lowest BCUT2D eigenvalue weighted by Gasteiger charge is -2.14. The Labute approximate surface area is 114 Å². The highest BCUT2D eigenvalue weighted by atomic mass is 19.1. The van der Waals surface area contributed by atoms with Crippen molar-refractivity contribution in [3.63, 3.8) is 0 Å². The van der Waals surface area contributed by atoms with Gasteiger partial charge < -0.3 is 15.9 Å². The van der Waals surface area contributed by atoms with Gasteiger partial charge in [0.25, 0.3) is 0 Å². The minimum atomic E-state index is -1.88. The summed E-state index contributed by atoms with van der Waals surface area (Å²) in [5, 5.41) is 18.5. The molecule has 106 valence electrons. The van der Waals surface area contributed by atoms with Crippen molar-refractivity contribution in [2.75, 3.05) is 5.73 Å². The second-order valence-electron chi connectivity index (χ2n) is 4.54. The van der Waals surface area contributed by atoms with Gasteiger partial charge in [-0.05, 0) is 25.5 Å². The molecule has 0 aliphatic carbocycles. The molecule has 0 spiro atoms. The molecule has 0 radical (unpaired) electrons. The number of hydrogen-bond acceptors (Lipinski definition) is 4. The van der Waals surface area contributed by atoms with Crippen molar-refractivity contribution in [2.45, 2.75) is 20.1 Å². The van der Waals surface area contributed by atoms with E-state index in [2.05, 4.69) is 4.98 Å². The molecule has 6 heteroatoms. The zero-order valence-electron chi connectivity index (χ0n) is 11.0. The highest BCUT2D eigenvalue weighted by Crippen LogP contribution is 2.31. The Kier molecular flexibility index (Phi) is 3.69. The molecule has 1 heterocycles. The number of nitrogen functional groups attached to an aromatic ring is 1. The monoisotopic (exact) mass is 280 g/mol. The summed E-state index contributed by atoms with van der Waals surface area (Å²) in [5.41, 5.74) is 5.73. The highest BCUT2D eigenvalue weighted by molar-refractivity contribution is 5.67. The zero-order valence-corrected chi connectivity index (χ0v) is 11.0. The Balaban J connectivity index is 2.70. The van der Waals surface area contributed by atoms with Crippen LogP contribution in [0.5, 0.6) is 0 Å². The molecule has 0 aliphatic rings. The molecular weight excluding hydrogens is 266 g/mol. The summed E-state index contributed by atoms with van der Waals surface area (Å²) < 4.78 is 27.7. The molecule has 0 bridgehead atoms. The Morgan fingerprint density at radius 1 is 1.20 bits per heavy atom. The molecule has 0 aliphatic heterocycles. The van der Waals surface area contributed by atoms with Gasteiger partial charge in [0.1, 0.15) is 17.2 Å². The number of pyridine rings is 1. The SMILES string of the molecule is Cc1ccc(-c2nc(C(O)O)c(C)c(N)c2F)cc1F. The predicted molar refractivity (Wildman–Crippen MR) is 70.7 cm³/mol. The third kappa shape index (κ3) is 2.35. The van der Waals surface area contributed by atoms with Crippen LogP contribution in [0.3, 0.4) is 0 Å². The van der Waals surface area contributed by atoms with E-state index in [1.54, 1.807) is 6.92 Å². The number of anilines is 1. The first-order valence-corrected chi connectivity index (χ1v) is 5.91. The summed E-state index contributed by atoms with van der Waals surface area (Å²) in [4.78, 5) is 3.85. The Bertz CT molecular complexity index is 673. The molecule has 0 atom stereocenters. The van der Waals surface area contributed by atoms with Gasteiger partial charge in [0.05, 0.1) is 5.69 Å². The van der Waals surface area contributed by atoms with E-state index in [9.17, 15) is 19.0 Å². The van der Waals surface area contributed by atoms with E-state index in [-0.39, 0.29) is 28.2 Å². The fraction of sp³-hybridized carbons (Fsp3) is 0.214. The average molecular weight is 280 g/mol. The lowest BCUT2D eigenvalue weighted by Crippen LogP contribution is -2.09. The number of aliphatic hydroxyl groups excluding tert-OH is 1. The number of nitrogens with two attached hydrogens (primary N) is 1. The molecule has 0 amide bonds. The van der Waals surface area contributed by atoms with E-state index in [0.717, 1.165) is 6.07 Å². The van der Waals surface area contributed by atoms with Crippen molar-refractivity contribution in [1.29, 1.82) is 0 Å². The number of benzene rings is 1. The third-order valence-electron chi connectivity index (χ3n) is 3.15. The van der Waals surface area contributed by atoms with Gasteiger partial charge in [0.2, 0.25) is 0 Å².